The molecular weight excluding hydrogens is 199 g/mol. The number of hydrogen-bond donors (Lipinski definition) is 2. The van der Waals surface area contributed by atoms with E-state index < -0.39 is 24.1 Å². The summed E-state index contributed by atoms with van der Waals surface area (Å²) in [6.07, 6.45) is -3.27. The average Bonchev–Trinajstić information content (AvgIpc) is 2.26. The third kappa shape index (κ3) is 2.60. The van der Waals surface area contributed by atoms with E-state index in [4.69, 9.17) is 5.11 Å². The van der Waals surface area contributed by atoms with Gasteiger partial charge in [0, 0.05) is 0 Å². The van der Waals surface area contributed by atoms with Crippen LogP contribution < -0.4 is 5.32 Å². The smallest absolute Gasteiger partial charge is 0.404 e. The van der Waals surface area contributed by atoms with Gasteiger partial charge in [0.25, 0.3) is 0 Å². The minimum Gasteiger partial charge on any atom is -0.481 e. The van der Waals surface area contributed by atoms with Crippen LogP contribution in [0, 0.1) is 5.92 Å². The molecule has 1 aliphatic rings. The topological polar surface area (TPSA) is 49.3 Å². The van der Waals surface area contributed by atoms with E-state index in [2.05, 4.69) is 5.32 Å². The summed E-state index contributed by atoms with van der Waals surface area (Å²) in [6, 6.07) is -1.90. The molecule has 82 valence electrons. The van der Waals surface area contributed by atoms with Crippen molar-refractivity contribution < 1.29 is 23.1 Å². The zero-order chi connectivity index (χ0) is 10.8. The van der Waals surface area contributed by atoms with Crippen LogP contribution in [-0.4, -0.2) is 29.8 Å². The summed E-state index contributed by atoms with van der Waals surface area (Å²) in [6.45, 7) is 0.230. The summed E-state index contributed by atoms with van der Waals surface area (Å²) in [4.78, 5) is 10.6. The molecule has 0 radical (unpaired) electrons. The summed E-state index contributed by atoms with van der Waals surface area (Å²) in [7, 11) is 0. The second-order valence-corrected chi connectivity index (χ2v) is 3.41. The molecule has 1 rings (SSSR count). The summed E-state index contributed by atoms with van der Waals surface area (Å²) >= 11 is 0. The number of carbonyl (C=O) groups is 1. The summed E-state index contributed by atoms with van der Waals surface area (Å²) < 4.78 is 37.2. The molecule has 0 spiro atoms. The van der Waals surface area contributed by atoms with Crippen LogP contribution in [0.25, 0.3) is 0 Å². The molecule has 2 N–H and O–H groups in total. The van der Waals surface area contributed by atoms with Crippen molar-refractivity contribution in [3.05, 3.63) is 0 Å². The molecule has 3 nitrogen and oxygen atoms in total. The molecule has 0 amide bonds. The van der Waals surface area contributed by atoms with Crippen molar-refractivity contribution in [3.8, 4) is 0 Å². The molecule has 6 heteroatoms. The largest absolute Gasteiger partial charge is 0.481 e. The van der Waals surface area contributed by atoms with Crippen LogP contribution in [-0.2, 0) is 4.79 Å². The average molecular weight is 211 g/mol. The predicted octanol–water partition coefficient (Wildman–Crippen LogP) is 1.39. The Kier molecular flexibility index (Phi) is 3.36. The van der Waals surface area contributed by atoms with E-state index >= 15 is 0 Å². The van der Waals surface area contributed by atoms with E-state index in [1.807, 2.05) is 0 Å². The fourth-order valence-corrected chi connectivity index (χ4v) is 1.67. The lowest BCUT2D eigenvalue weighted by Gasteiger charge is -2.24. The summed E-state index contributed by atoms with van der Waals surface area (Å²) in [5, 5.41) is 10.9. The van der Waals surface area contributed by atoms with Crippen LogP contribution in [0.15, 0.2) is 0 Å². The molecule has 0 aromatic carbocycles. The van der Waals surface area contributed by atoms with Crippen molar-refractivity contribution in [1.82, 2.24) is 5.32 Å². The summed E-state index contributed by atoms with van der Waals surface area (Å²) in [5.41, 5.74) is 0. The van der Waals surface area contributed by atoms with Gasteiger partial charge in [-0.3, -0.25) is 4.79 Å². The van der Waals surface area contributed by atoms with E-state index in [-0.39, 0.29) is 13.0 Å². The Morgan fingerprint density at radius 3 is 2.50 bits per heavy atom. The van der Waals surface area contributed by atoms with Gasteiger partial charge in [0.15, 0.2) is 0 Å². The molecule has 0 aliphatic carbocycles. The van der Waals surface area contributed by atoms with Crippen molar-refractivity contribution in [1.29, 1.82) is 0 Å². The number of carboxylic acids is 1. The normalized spacial score (nSPS) is 29.6. The van der Waals surface area contributed by atoms with Gasteiger partial charge >= 0.3 is 12.1 Å². The first-order chi connectivity index (χ1) is 6.43. The van der Waals surface area contributed by atoms with Gasteiger partial charge < -0.3 is 10.4 Å². The Morgan fingerprint density at radius 1 is 1.36 bits per heavy atom. The van der Waals surface area contributed by atoms with Crippen molar-refractivity contribution >= 4 is 5.97 Å². The number of alkyl halides is 3. The Morgan fingerprint density at radius 2 is 2.00 bits per heavy atom. The molecular formula is C8H12F3NO2. The summed E-state index contributed by atoms with van der Waals surface area (Å²) in [5.74, 6) is -2.72. The van der Waals surface area contributed by atoms with E-state index in [1.165, 1.54) is 0 Å². The first-order valence-electron chi connectivity index (χ1n) is 4.46. The van der Waals surface area contributed by atoms with Gasteiger partial charge in [-0.2, -0.15) is 13.2 Å². The number of hydrogen-bond acceptors (Lipinski definition) is 2. The lowest BCUT2D eigenvalue weighted by atomic mass is 9.95. The molecule has 0 saturated carbocycles. The maximum absolute atomic E-state index is 12.4. The highest BCUT2D eigenvalue weighted by Crippen LogP contribution is 2.30. The standard InChI is InChI=1S/C8H12F3NO2/c9-8(10,11)6-5(7(13)14)3-1-2-4-12-6/h5-6,12H,1-4H2,(H,13,14)/t5-,6-/m0/s1. The Hall–Kier alpha value is -0.780. The van der Waals surface area contributed by atoms with Gasteiger partial charge in [-0.05, 0) is 19.4 Å². The number of nitrogens with one attached hydrogen (secondary N) is 1. The number of aliphatic carboxylic acids is 1. The van der Waals surface area contributed by atoms with Crippen LogP contribution in [0.1, 0.15) is 19.3 Å². The van der Waals surface area contributed by atoms with Gasteiger partial charge in [0.1, 0.15) is 6.04 Å². The first-order valence-corrected chi connectivity index (χ1v) is 4.46. The minimum atomic E-state index is -4.48. The molecule has 1 heterocycles. The second-order valence-electron chi connectivity index (χ2n) is 3.41. The zero-order valence-electron chi connectivity index (χ0n) is 7.47. The highest BCUT2D eigenvalue weighted by atomic mass is 19.4. The third-order valence-corrected chi connectivity index (χ3v) is 2.38. The molecule has 1 saturated heterocycles. The second kappa shape index (κ2) is 4.16. The van der Waals surface area contributed by atoms with Crippen molar-refractivity contribution in [3.63, 3.8) is 0 Å². The third-order valence-electron chi connectivity index (χ3n) is 2.38. The Bertz CT molecular complexity index is 217. The van der Waals surface area contributed by atoms with Crippen molar-refractivity contribution in [2.75, 3.05) is 6.54 Å². The van der Waals surface area contributed by atoms with Crippen LogP contribution in [0.3, 0.4) is 0 Å². The van der Waals surface area contributed by atoms with Gasteiger partial charge in [-0.25, -0.2) is 0 Å². The van der Waals surface area contributed by atoms with E-state index in [0.29, 0.717) is 12.8 Å². The van der Waals surface area contributed by atoms with Gasteiger partial charge in [-0.1, -0.05) is 6.42 Å². The maximum Gasteiger partial charge on any atom is 0.404 e. The maximum atomic E-state index is 12.4. The van der Waals surface area contributed by atoms with E-state index in [1.54, 1.807) is 0 Å². The van der Waals surface area contributed by atoms with Crippen LogP contribution in [0.5, 0.6) is 0 Å². The predicted molar refractivity (Wildman–Crippen MR) is 42.8 cm³/mol. The Balaban J connectivity index is 2.79. The zero-order valence-corrected chi connectivity index (χ0v) is 7.47. The van der Waals surface area contributed by atoms with Crippen LogP contribution >= 0.6 is 0 Å². The number of rotatable bonds is 1. The molecule has 0 aromatic rings. The highest BCUT2D eigenvalue weighted by molar-refractivity contribution is 5.71. The van der Waals surface area contributed by atoms with Crippen molar-refractivity contribution in [2.24, 2.45) is 5.92 Å². The van der Waals surface area contributed by atoms with E-state index in [9.17, 15) is 18.0 Å². The fraction of sp³-hybridized carbons (Fsp3) is 0.875. The SMILES string of the molecule is O=C(O)[C@H]1CCCCN[C@@H]1C(F)(F)F. The fourth-order valence-electron chi connectivity index (χ4n) is 1.67. The lowest BCUT2D eigenvalue weighted by molar-refractivity contribution is -0.178. The molecule has 0 aromatic heterocycles. The van der Waals surface area contributed by atoms with Gasteiger partial charge in [0.05, 0.1) is 5.92 Å². The van der Waals surface area contributed by atoms with E-state index in [0.717, 1.165) is 0 Å². The van der Waals surface area contributed by atoms with Crippen LogP contribution in [0.4, 0.5) is 13.2 Å². The minimum absolute atomic E-state index is 0.0898. The van der Waals surface area contributed by atoms with Gasteiger partial charge in [0.2, 0.25) is 0 Å². The first kappa shape index (κ1) is 11.3. The Labute approximate surface area is 79.3 Å². The molecule has 2 atom stereocenters. The van der Waals surface area contributed by atoms with Crippen LogP contribution in [0.2, 0.25) is 0 Å². The molecule has 14 heavy (non-hydrogen) atoms. The highest BCUT2D eigenvalue weighted by Gasteiger charge is 2.47. The molecule has 1 fully saturated rings. The lowest BCUT2D eigenvalue weighted by Crippen LogP contribution is -2.49. The quantitative estimate of drug-likeness (QED) is 0.689. The number of halogens is 3. The molecule has 0 bridgehead atoms. The molecule has 1 aliphatic heterocycles. The van der Waals surface area contributed by atoms with Gasteiger partial charge in [-0.15, -0.1) is 0 Å². The number of carboxylic acid groups (broad SMARTS) is 1. The molecule has 0 unspecified atom stereocenters. The van der Waals surface area contributed by atoms with Crippen molar-refractivity contribution in [2.45, 2.75) is 31.5 Å². The monoisotopic (exact) mass is 211 g/mol.